The molecule has 0 unspecified atom stereocenters. The second-order valence-corrected chi connectivity index (χ2v) is 8.38. The number of amides is 4. The van der Waals surface area contributed by atoms with Gasteiger partial charge >= 0.3 is 6.03 Å². The van der Waals surface area contributed by atoms with E-state index in [1.54, 1.807) is 29.2 Å². The van der Waals surface area contributed by atoms with E-state index in [9.17, 15) is 19.2 Å². The minimum atomic E-state index is -0.840. The number of urea groups is 1. The molecule has 7 heteroatoms. The van der Waals surface area contributed by atoms with Crippen molar-refractivity contribution in [3.8, 4) is 0 Å². The second kappa shape index (κ2) is 7.61. The van der Waals surface area contributed by atoms with Crippen LogP contribution in [0.25, 0.3) is 0 Å². The summed E-state index contributed by atoms with van der Waals surface area (Å²) in [7, 11) is 0. The van der Waals surface area contributed by atoms with E-state index < -0.39 is 11.6 Å². The van der Waals surface area contributed by atoms with Crippen molar-refractivity contribution in [3.05, 3.63) is 29.8 Å². The maximum Gasteiger partial charge on any atom is 0.325 e. The van der Waals surface area contributed by atoms with E-state index in [2.05, 4.69) is 12.2 Å². The molecule has 1 aromatic carbocycles. The van der Waals surface area contributed by atoms with Gasteiger partial charge in [-0.2, -0.15) is 0 Å². The first kappa shape index (κ1) is 19.6. The number of benzene rings is 1. The Kier molecular flexibility index (Phi) is 5.15. The summed E-state index contributed by atoms with van der Waals surface area (Å²) in [6.07, 6.45) is 5.49. The zero-order valence-corrected chi connectivity index (χ0v) is 16.8. The van der Waals surface area contributed by atoms with Crippen molar-refractivity contribution in [2.24, 2.45) is 5.92 Å². The van der Waals surface area contributed by atoms with Crippen LogP contribution in [-0.4, -0.2) is 47.2 Å². The Morgan fingerprint density at radius 2 is 1.97 bits per heavy atom. The molecule has 0 atom stereocenters. The summed E-state index contributed by atoms with van der Waals surface area (Å²) in [4.78, 5) is 53.0. The molecule has 3 fully saturated rings. The fraction of sp³-hybridized carbons (Fsp3) is 0.545. The van der Waals surface area contributed by atoms with Gasteiger partial charge in [0.05, 0.1) is 6.54 Å². The average molecular weight is 397 g/mol. The third-order valence-corrected chi connectivity index (χ3v) is 6.64. The van der Waals surface area contributed by atoms with Crippen LogP contribution in [0.3, 0.4) is 0 Å². The van der Waals surface area contributed by atoms with Crippen LogP contribution < -0.4 is 10.2 Å². The lowest BCUT2D eigenvalue weighted by molar-refractivity contribution is -0.132. The van der Waals surface area contributed by atoms with E-state index in [0.717, 1.165) is 30.6 Å². The molecular weight excluding hydrogens is 370 g/mol. The lowest BCUT2D eigenvalue weighted by atomic mass is 9.75. The second-order valence-electron chi connectivity index (χ2n) is 8.38. The van der Waals surface area contributed by atoms with Crippen LogP contribution in [0.1, 0.15) is 62.2 Å². The lowest BCUT2D eigenvalue weighted by Crippen LogP contribution is -2.49. The molecule has 0 bridgehead atoms. The van der Waals surface area contributed by atoms with E-state index >= 15 is 0 Å². The number of Topliss-reactive ketones (excluding diaryl/α,β-unsaturated/α-hetero) is 1. The molecule has 4 amide bonds. The van der Waals surface area contributed by atoms with Crippen LogP contribution in [0.15, 0.2) is 24.3 Å². The van der Waals surface area contributed by atoms with Crippen molar-refractivity contribution >= 4 is 29.3 Å². The summed E-state index contributed by atoms with van der Waals surface area (Å²) in [6.45, 7) is 2.51. The van der Waals surface area contributed by atoms with Gasteiger partial charge in [0.1, 0.15) is 5.54 Å². The molecule has 1 N–H and O–H groups in total. The molecule has 3 aliphatic rings. The van der Waals surface area contributed by atoms with E-state index in [4.69, 9.17) is 0 Å². The predicted octanol–water partition coefficient (Wildman–Crippen LogP) is 2.89. The number of hydrogen-bond donors (Lipinski definition) is 1. The van der Waals surface area contributed by atoms with Crippen LogP contribution in [0.4, 0.5) is 10.5 Å². The maximum absolute atomic E-state index is 13.0. The van der Waals surface area contributed by atoms with Gasteiger partial charge in [0.15, 0.2) is 5.78 Å². The molecule has 1 spiro atoms. The Balaban J connectivity index is 1.47. The fourth-order valence-electron chi connectivity index (χ4n) is 4.74. The molecule has 29 heavy (non-hydrogen) atoms. The summed E-state index contributed by atoms with van der Waals surface area (Å²) >= 11 is 0. The van der Waals surface area contributed by atoms with Gasteiger partial charge in [-0.1, -0.05) is 25.5 Å². The molecule has 7 nitrogen and oxygen atoms in total. The minimum absolute atomic E-state index is 0.0494. The molecular formula is C22H27N3O4. The minimum Gasteiger partial charge on any atom is -0.323 e. The Morgan fingerprint density at radius 3 is 2.62 bits per heavy atom. The zero-order valence-electron chi connectivity index (χ0n) is 16.8. The Bertz CT molecular complexity index is 857. The van der Waals surface area contributed by atoms with Gasteiger partial charge in [-0.3, -0.25) is 19.3 Å². The topological polar surface area (TPSA) is 86.8 Å². The standard InChI is InChI=1S/C22H27N3O4/c1-2-15-8-10-22(11-9-15)20(28)25(21(29)23-22)14-18(26)16-5-3-6-17(13-16)24-12-4-7-19(24)27/h3,5-6,13,15H,2,4,7-12,14H2,1H3,(H,23,29). The predicted molar refractivity (Wildman–Crippen MR) is 108 cm³/mol. The summed E-state index contributed by atoms with van der Waals surface area (Å²) < 4.78 is 0. The van der Waals surface area contributed by atoms with Crippen molar-refractivity contribution in [1.82, 2.24) is 10.2 Å². The van der Waals surface area contributed by atoms with Crippen LogP contribution in [0.2, 0.25) is 0 Å². The molecule has 2 aliphatic heterocycles. The highest BCUT2D eigenvalue weighted by molar-refractivity contribution is 6.11. The molecule has 0 aromatic heterocycles. The van der Waals surface area contributed by atoms with Crippen LogP contribution in [0, 0.1) is 5.92 Å². The lowest BCUT2D eigenvalue weighted by Gasteiger charge is -2.34. The van der Waals surface area contributed by atoms with Crippen molar-refractivity contribution in [2.45, 2.75) is 57.4 Å². The molecule has 1 saturated carbocycles. The summed E-state index contributed by atoms with van der Waals surface area (Å²) in [6, 6.07) is 6.38. The number of carbonyl (C=O) groups is 4. The number of nitrogens with one attached hydrogen (secondary N) is 1. The molecule has 0 radical (unpaired) electrons. The highest BCUT2D eigenvalue weighted by atomic mass is 16.2. The zero-order chi connectivity index (χ0) is 20.6. The summed E-state index contributed by atoms with van der Waals surface area (Å²) in [5.74, 6) is 0.0583. The highest BCUT2D eigenvalue weighted by Gasteiger charge is 2.52. The number of ketones is 1. The largest absolute Gasteiger partial charge is 0.325 e. The van der Waals surface area contributed by atoms with Gasteiger partial charge in [-0.05, 0) is 50.2 Å². The normalized spacial score (nSPS) is 27.1. The van der Waals surface area contributed by atoms with Gasteiger partial charge in [0.25, 0.3) is 5.91 Å². The molecule has 2 saturated heterocycles. The molecule has 154 valence electrons. The van der Waals surface area contributed by atoms with E-state index in [-0.39, 0.29) is 24.1 Å². The third kappa shape index (κ3) is 3.54. The van der Waals surface area contributed by atoms with E-state index in [1.807, 2.05) is 0 Å². The Morgan fingerprint density at radius 1 is 1.21 bits per heavy atom. The number of anilines is 1. The van der Waals surface area contributed by atoms with Gasteiger partial charge in [-0.25, -0.2) is 4.79 Å². The molecule has 1 aromatic rings. The Hall–Kier alpha value is -2.70. The number of nitrogens with zero attached hydrogens (tertiary/aromatic N) is 2. The van der Waals surface area contributed by atoms with Crippen molar-refractivity contribution < 1.29 is 19.2 Å². The number of carbonyl (C=O) groups excluding carboxylic acids is 4. The molecule has 1 aliphatic carbocycles. The van der Waals surface area contributed by atoms with Crippen LogP contribution in [0.5, 0.6) is 0 Å². The van der Waals surface area contributed by atoms with Crippen molar-refractivity contribution in [3.63, 3.8) is 0 Å². The maximum atomic E-state index is 13.0. The summed E-state index contributed by atoms with van der Waals surface area (Å²) in [5.41, 5.74) is 0.246. The van der Waals surface area contributed by atoms with E-state index in [1.165, 1.54) is 0 Å². The van der Waals surface area contributed by atoms with Gasteiger partial charge in [0, 0.05) is 24.2 Å². The third-order valence-electron chi connectivity index (χ3n) is 6.64. The van der Waals surface area contributed by atoms with Crippen LogP contribution >= 0.6 is 0 Å². The van der Waals surface area contributed by atoms with Crippen molar-refractivity contribution in [1.29, 1.82) is 0 Å². The van der Waals surface area contributed by atoms with Crippen molar-refractivity contribution in [2.75, 3.05) is 18.0 Å². The first-order chi connectivity index (χ1) is 13.9. The number of hydrogen-bond acceptors (Lipinski definition) is 4. The van der Waals surface area contributed by atoms with Crippen LogP contribution in [-0.2, 0) is 9.59 Å². The van der Waals surface area contributed by atoms with E-state index in [0.29, 0.717) is 43.0 Å². The number of imide groups is 1. The van der Waals surface area contributed by atoms with Gasteiger partial charge < -0.3 is 10.2 Å². The average Bonchev–Trinajstić information content (AvgIpc) is 3.25. The van der Waals surface area contributed by atoms with Gasteiger partial charge in [-0.15, -0.1) is 0 Å². The molecule has 4 rings (SSSR count). The number of rotatable bonds is 5. The quantitative estimate of drug-likeness (QED) is 0.611. The monoisotopic (exact) mass is 397 g/mol. The fourth-order valence-corrected chi connectivity index (χ4v) is 4.74. The summed E-state index contributed by atoms with van der Waals surface area (Å²) in [5, 5.41) is 2.86. The SMILES string of the molecule is CCC1CCC2(CC1)NC(=O)N(CC(=O)c1cccc(N3CCCC3=O)c1)C2=O. The van der Waals surface area contributed by atoms with Gasteiger partial charge in [0.2, 0.25) is 5.91 Å². The molecule has 2 heterocycles. The first-order valence-electron chi connectivity index (χ1n) is 10.5. The smallest absolute Gasteiger partial charge is 0.323 e. The Labute approximate surface area is 170 Å². The highest BCUT2D eigenvalue weighted by Crippen LogP contribution is 2.37. The first-order valence-corrected chi connectivity index (χ1v) is 10.5.